The Bertz CT molecular complexity index is 508. The maximum Gasteiger partial charge on any atom is 0.328 e. The molecule has 3 amide bonds. The van der Waals surface area contributed by atoms with Gasteiger partial charge in [-0.15, -0.1) is 0 Å². The first-order valence-corrected chi connectivity index (χ1v) is 5.72. The van der Waals surface area contributed by atoms with Gasteiger partial charge in [-0.1, -0.05) is 6.07 Å². The van der Waals surface area contributed by atoms with Crippen molar-refractivity contribution in [1.82, 2.24) is 5.32 Å². The quantitative estimate of drug-likeness (QED) is 0.777. The highest BCUT2D eigenvalue weighted by Crippen LogP contribution is 2.28. The van der Waals surface area contributed by atoms with Crippen LogP contribution in [0.15, 0.2) is 18.2 Å². The maximum atomic E-state index is 11.7. The summed E-state index contributed by atoms with van der Waals surface area (Å²) in [6, 6.07) is 5.60. The summed E-state index contributed by atoms with van der Waals surface area (Å²) in [7, 11) is 0. The van der Waals surface area contributed by atoms with Gasteiger partial charge < -0.3 is 5.32 Å². The second kappa shape index (κ2) is 3.76. The lowest BCUT2D eigenvalue weighted by Gasteiger charge is -2.26. The second-order valence-electron chi connectivity index (χ2n) is 4.27. The highest BCUT2D eigenvalue weighted by molar-refractivity contribution is 6.05. The van der Waals surface area contributed by atoms with Gasteiger partial charge in [0.15, 0.2) is 0 Å². The zero-order chi connectivity index (χ0) is 11.8. The van der Waals surface area contributed by atoms with Gasteiger partial charge in [0, 0.05) is 33.7 Å². The Labute approximate surface area is 102 Å². The Morgan fingerprint density at radius 3 is 2.94 bits per heavy atom. The SMILES string of the molecule is O=C1CCN(c2ccc3c(c2)NCC3)C(=O)N1.[HH].[HH]. The highest BCUT2D eigenvalue weighted by atomic mass is 16.2. The fourth-order valence-corrected chi connectivity index (χ4v) is 2.26. The van der Waals surface area contributed by atoms with Crippen LogP contribution < -0.4 is 15.5 Å². The minimum absolute atomic E-state index is 0. The summed E-state index contributed by atoms with van der Waals surface area (Å²) >= 11 is 0. The number of hydrogen-bond acceptors (Lipinski definition) is 3. The van der Waals surface area contributed by atoms with E-state index < -0.39 is 0 Å². The van der Waals surface area contributed by atoms with E-state index in [4.69, 9.17) is 0 Å². The van der Waals surface area contributed by atoms with Crippen molar-refractivity contribution in [3.63, 3.8) is 0 Å². The number of rotatable bonds is 1. The molecule has 0 unspecified atom stereocenters. The number of carbonyl (C=O) groups excluding carboxylic acids is 2. The van der Waals surface area contributed by atoms with Crippen LogP contribution in [0.2, 0.25) is 0 Å². The Morgan fingerprint density at radius 1 is 1.24 bits per heavy atom. The fraction of sp³-hybridized carbons (Fsp3) is 0.333. The third kappa shape index (κ3) is 1.73. The van der Waals surface area contributed by atoms with Gasteiger partial charge in [-0.05, 0) is 24.1 Å². The lowest BCUT2D eigenvalue weighted by atomic mass is 10.1. The van der Waals surface area contributed by atoms with Gasteiger partial charge in [0.25, 0.3) is 0 Å². The highest BCUT2D eigenvalue weighted by Gasteiger charge is 2.25. The Hall–Kier alpha value is -2.04. The van der Waals surface area contributed by atoms with Crippen molar-refractivity contribution in [3.05, 3.63) is 23.8 Å². The second-order valence-corrected chi connectivity index (χ2v) is 4.27. The van der Waals surface area contributed by atoms with E-state index in [2.05, 4.69) is 10.6 Å². The van der Waals surface area contributed by atoms with Crippen molar-refractivity contribution in [1.29, 1.82) is 0 Å². The largest absolute Gasteiger partial charge is 0.384 e. The van der Waals surface area contributed by atoms with Crippen LogP contribution >= 0.6 is 0 Å². The molecule has 0 aromatic heterocycles. The number of amides is 3. The van der Waals surface area contributed by atoms with E-state index in [-0.39, 0.29) is 14.8 Å². The molecule has 0 atom stereocenters. The first kappa shape index (κ1) is 10.1. The molecule has 1 saturated heterocycles. The van der Waals surface area contributed by atoms with Crippen LogP contribution in [0.5, 0.6) is 0 Å². The van der Waals surface area contributed by atoms with Gasteiger partial charge in [-0.3, -0.25) is 15.0 Å². The molecule has 1 fully saturated rings. The maximum absolute atomic E-state index is 11.7. The van der Waals surface area contributed by atoms with Crippen LogP contribution in [-0.4, -0.2) is 25.0 Å². The number of nitrogens with one attached hydrogen (secondary N) is 2. The van der Waals surface area contributed by atoms with Crippen molar-refractivity contribution in [3.8, 4) is 0 Å². The smallest absolute Gasteiger partial charge is 0.328 e. The summed E-state index contributed by atoms with van der Waals surface area (Å²) in [5.41, 5.74) is 3.21. The molecule has 0 saturated carbocycles. The van der Waals surface area contributed by atoms with Gasteiger partial charge >= 0.3 is 6.03 Å². The molecular formula is C12H17N3O2. The van der Waals surface area contributed by atoms with Crippen LogP contribution in [0.1, 0.15) is 14.8 Å². The average molecular weight is 235 g/mol. The van der Waals surface area contributed by atoms with Gasteiger partial charge in [0.05, 0.1) is 0 Å². The Balaban J connectivity index is 0.000000902. The predicted molar refractivity (Wildman–Crippen MR) is 68.4 cm³/mol. The van der Waals surface area contributed by atoms with Crippen molar-refractivity contribution < 1.29 is 12.4 Å². The molecule has 2 heterocycles. The fourth-order valence-electron chi connectivity index (χ4n) is 2.26. The van der Waals surface area contributed by atoms with E-state index in [1.165, 1.54) is 5.56 Å². The predicted octanol–water partition coefficient (Wildman–Crippen LogP) is 1.59. The van der Waals surface area contributed by atoms with E-state index in [0.29, 0.717) is 13.0 Å². The monoisotopic (exact) mass is 235 g/mol. The van der Waals surface area contributed by atoms with Crippen LogP contribution in [-0.2, 0) is 11.2 Å². The molecule has 1 aromatic rings. The van der Waals surface area contributed by atoms with Crippen molar-refractivity contribution >= 4 is 23.3 Å². The standard InChI is InChI=1S/C12H13N3O2.2H2/c16-11-4-6-15(12(17)14-11)9-2-1-8-3-5-13-10(8)7-9;;/h1-2,7,13H,3-6H2,(H,14,16,17);2*1H. The zero-order valence-corrected chi connectivity index (χ0v) is 9.32. The molecule has 5 nitrogen and oxygen atoms in total. The average Bonchev–Trinajstić information content (AvgIpc) is 2.75. The summed E-state index contributed by atoms with van der Waals surface area (Å²) in [6.45, 7) is 1.40. The number of hydrogen-bond donors (Lipinski definition) is 2. The topological polar surface area (TPSA) is 61.4 Å². The van der Waals surface area contributed by atoms with E-state index in [9.17, 15) is 9.59 Å². The molecule has 17 heavy (non-hydrogen) atoms. The number of urea groups is 1. The van der Waals surface area contributed by atoms with Crippen LogP contribution in [0.25, 0.3) is 0 Å². The molecular weight excluding hydrogens is 218 g/mol. The van der Waals surface area contributed by atoms with Gasteiger partial charge in [0.2, 0.25) is 5.91 Å². The summed E-state index contributed by atoms with van der Waals surface area (Å²) in [5.74, 6) is -0.203. The summed E-state index contributed by atoms with van der Waals surface area (Å²) < 4.78 is 0. The van der Waals surface area contributed by atoms with Crippen molar-refractivity contribution in [2.45, 2.75) is 12.8 Å². The third-order valence-electron chi connectivity index (χ3n) is 3.17. The van der Waals surface area contributed by atoms with Gasteiger partial charge in [0.1, 0.15) is 0 Å². The Kier molecular flexibility index (Phi) is 2.24. The van der Waals surface area contributed by atoms with E-state index in [0.717, 1.165) is 24.3 Å². The number of nitrogens with zero attached hydrogens (tertiary/aromatic N) is 1. The molecule has 3 rings (SSSR count). The molecule has 2 N–H and O–H groups in total. The molecule has 5 heteroatoms. The number of imide groups is 1. The summed E-state index contributed by atoms with van der Waals surface area (Å²) in [5, 5.41) is 5.60. The molecule has 0 radical (unpaired) electrons. The normalized spacial score (nSPS) is 18.7. The number of benzene rings is 1. The zero-order valence-electron chi connectivity index (χ0n) is 9.32. The number of anilines is 2. The number of fused-ring (bicyclic) bond motifs is 1. The van der Waals surface area contributed by atoms with E-state index in [1.807, 2.05) is 18.2 Å². The third-order valence-corrected chi connectivity index (χ3v) is 3.17. The summed E-state index contributed by atoms with van der Waals surface area (Å²) in [4.78, 5) is 24.3. The molecule has 0 aliphatic carbocycles. The first-order chi connectivity index (χ1) is 8.24. The van der Waals surface area contributed by atoms with Crippen molar-refractivity contribution in [2.24, 2.45) is 0 Å². The minimum atomic E-state index is -0.334. The van der Waals surface area contributed by atoms with E-state index >= 15 is 0 Å². The Morgan fingerprint density at radius 2 is 2.12 bits per heavy atom. The molecule has 0 bridgehead atoms. The lowest BCUT2D eigenvalue weighted by molar-refractivity contribution is -0.120. The number of carbonyl (C=O) groups is 2. The molecule has 2 aliphatic rings. The molecule has 0 spiro atoms. The first-order valence-electron chi connectivity index (χ1n) is 5.72. The van der Waals surface area contributed by atoms with Gasteiger partial charge in [-0.25, -0.2) is 4.79 Å². The minimum Gasteiger partial charge on any atom is -0.384 e. The van der Waals surface area contributed by atoms with Crippen LogP contribution in [0, 0.1) is 0 Å². The van der Waals surface area contributed by atoms with Crippen LogP contribution in [0.3, 0.4) is 0 Å². The summed E-state index contributed by atoms with van der Waals surface area (Å²) in [6.07, 6.45) is 1.39. The van der Waals surface area contributed by atoms with Crippen LogP contribution in [0.4, 0.5) is 16.2 Å². The molecule has 1 aromatic carbocycles. The lowest BCUT2D eigenvalue weighted by Crippen LogP contribution is -2.49. The van der Waals surface area contributed by atoms with Gasteiger partial charge in [-0.2, -0.15) is 0 Å². The molecule has 92 valence electrons. The van der Waals surface area contributed by atoms with E-state index in [1.54, 1.807) is 4.90 Å². The van der Waals surface area contributed by atoms with Crippen molar-refractivity contribution in [2.75, 3.05) is 23.3 Å². The molecule has 2 aliphatic heterocycles.